The van der Waals surface area contributed by atoms with E-state index in [2.05, 4.69) is 10.2 Å². The molecule has 3 aromatic rings. The van der Waals surface area contributed by atoms with Crippen molar-refractivity contribution in [2.45, 2.75) is 0 Å². The fraction of sp³-hybridized carbons (Fsp3) is 0. The third-order valence-corrected chi connectivity index (χ3v) is 2.89. The summed E-state index contributed by atoms with van der Waals surface area (Å²) in [5, 5.41) is 21.9. The first kappa shape index (κ1) is 11.4. The second-order valence-corrected chi connectivity index (χ2v) is 4.17. The molecule has 0 amide bonds. The van der Waals surface area contributed by atoms with Gasteiger partial charge in [-0.3, -0.25) is 5.11 Å². The van der Waals surface area contributed by atoms with Gasteiger partial charge in [0.15, 0.2) is 0 Å². The van der Waals surface area contributed by atoms with Gasteiger partial charge in [0.25, 0.3) is 0 Å². The van der Waals surface area contributed by atoms with Crippen LogP contribution in [-0.4, -0.2) is 0 Å². The second-order valence-electron chi connectivity index (χ2n) is 4.17. The Morgan fingerprint density at radius 1 is 0.684 bits per heavy atom. The van der Waals surface area contributed by atoms with Crippen LogP contribution in [0.2, 0.25) is 0 Å². The van der Waals surface area contributed by atoms with Crippen molar-refractivity contribution in [3.05, 3.63) is 66.7 Å². The number of benzene rings is 3. The summed E-state index contributed by atoms with van der Waals surface area (Å²) >= 11 is 0. The van der Waals surface area contributed by atoms with Gasteiger partial charge >= 0.3 is 0 Å². The molecule has 19 heavy (non-hydrogen) atoms. The summed E-state index contributed by atoms with van der Waals surface area (Å²) in [5.74, 6) is -0.113. The summed E-state index contributed by atoms with van der Waals surface area (Å²) in [5.41, 5.74) is 1.12. The molecule has 3 nitrogen and oxygen atoms in total. The molecule has 0 aromatic heterocycles. The lowest BCUT2D eigenvalue weighted by Gasteiger charge is -2.01. The molecule has 0 aliphatic carbocycles. The number of fused-ring (bicyclic) bond motifs is 1. The summed E-state index contributed by atoms with van der Waals surface area (Å²) in [7, 11) is 0. The average molecular weight is 247 g/mol. The van der Waals surface area contributed by atoms with Gasteiger partial charge in [-0.2, -0.15) is 5.11 Å². The average Bonchev–Trinajstić information content (AvgIpc) is 2.47. The topological polar surface area (TPSA) is 44.6 Å². The molecule has 0 bridgehead atoms. The Balaban J connectivity index is 2.10. The Labute approximate surface area is 110 Å². The number of rotatable bonds is 2. The van der Waals surface area contributed by atoms with Crippen molar-refractivity contribution < 1.29 is 5.11 Å². The molecule has 0 aliphatic heterocycles. The van der Waals surface area contributed by atoms with Gasteiger partial charge in [-0.15, -0.1) is 5.11 Å². The summed E-state index contributed by atoms with van der Waals surface area (Å²) in [6.07, 6.45) is 0. The van der Waals surface area contributed by atoms with Crippen molar-refractivity contribution in [3.63, 3.8) is 0 Å². The smallest absolute Gasteiger partial charge is 0.206 e. The Hall–Kier alpha value is -2.68. The molecular weight excluding hydrogens is 236 g/mol. The third kappa shape index (κ3) is 2.31. The van der Waals surface area contributed by atoms with Gasteiger partial charge in [0.2, 0.25) is 5.75 Å². The first-order valence-electron chi connectivity index (χ1n) is 6.00. The summed E-state index contributed by atoms with van der Waals surface area (Å²) in [6.45, 7) is 0. The minimum Gasteiger partial charge on any atom is -0.287 e. The van der Waals surface area contributed by atoms with E-state index in [4.69, 9.17) is 0 Å². The van der Waals surface area contributed by atoms with Gasteiger partial charge in [-0.1, -0.05) is 48.5 Å². The number of hydrogen-bond acceptors (Lipinski definition) is 2. The van der Waals surface area contributed by atoms with E-state index in [9.17, 15) is 5.11 Å². The van der Waals surface area contributed by atoms with Gasteiger partial charge in [-0.05, 0) is 23.6 Å². The van der Waals surface area contributed by atoms with Crippen LogP contribution in [0.3, 0.4) is 0 Å². The van der Waals surface area contributed by atoms with Gasteiger partial charge in [0.1, 0.15) is 5.69 Å². The van der Waals surface area contributed by atoms with Crippen molar-refractivity contribution in [2.75, 3.05) is 0 Å². The van der Waals surface area contributed by atoms with Crippen molar-refractivity contribution in [2.24, 2.45) is 10.2 Å². The van der Waals surface area contributed by atoms with Crippen molar-refractivity contribution in [1.29, 1.82) is 0 Å². The maximum absolute atomic E-state index is 11.9. The fourth-order valence-corrected chi connectivity index (χ4v) is 1.94. The molecule has 3 aromatic carbocycles. The van der Waals surface area contributed by atoms with Crippen LogP contribution in [0, 0.1) is 0 Å². The van der Waals surface area contributed by atoms with Gasteiger partial charge in [0.05, 0.1) is 5.69 Å². The lowest BCUT2D eigenvalue weighted by atomic mass is 10.1. The predicted molar refractivity (Wildman–Crippen MR) is 74.7 cm³/mol. The van der Waals surface area contributed by atoms with Crippen LogP contribution in [0.5, 0.6) is 5.75 Å². The van der Waals surface area contributed by atoms with Crippen molar-refractivity contribution in [3.8, 4) is 5.75 Å². The van der Waals surface area contributed by atoms with Gasteiger partial charge in [0, 0.05) is 5.39 Å². The molecule has 0 heterocycles. The molecule has 0 saturated carbocycles. The number of azo groups is 1. The molecular formula is C16H11N2O. The fourth-order valence-electron chi connectivity index (χ4n) is 1.94. The number of hydrogen-bond donors (Lipinski definition) is 0. The van der Waals surface area contributed by atoms with Gasteiger partial charge in [-0.25, -0.2) is 0 Å². The van der Waals surface area contributed by atoms with Crippen molar-refractivity contribution >= 4 is 22.1 Å². The standard InChI is InChI=1S/C16H11N2O/c19-15-11-10-12-6-4-5-9-14(12)16(15)18-17-13-7-2-1-3-8-13/h1-11H. The Morgan fingerprint density at radius 2 is 1.42 bits per heavy atom. The second kappa shape index (κ2) is 4.90. The zero-order valence-electron chi connectivity index (χ0n) is 10.2. The lowest BCUT2D eigenvalue weighted by Crippen LogP contribution is -1.73. The zero-order chi connectivity index (χ0) is 13.1. The summed E-state index contributed by atoms with van der Waals surface area (Å²) < 4.78 is 0. The van der Waals surface area contributed by atoms with Crippen LogP contribution in [0.15, 0.2) is 77.0 Å². The molecule has 0 atom stereocenters. The molecule has 0 fully saturated rings. The van der Waals surface area contributed by atoms with Crippen LogP contribution >= 0.6 is 0 Å². The highest BCUT2D eigenvalue weighted by atomic mass is 16.3. The van der Waals surface area contributed by atoms with E-state index in [-0.39, 0.29) is 5.75 Å². The molecule has 3 heteroatoms. The Bertz CT molecular complexity index is 736. The lowest BCUT2D eigenvalue weighted by molar-refractivity contribution is 0.357. The monoisotopic (exact) mass is 247 g/mol. The Morgan fingerprint density at radius 3 is 2.26 bits per heavy atom. The molecule has 0 N–H and O–H groups in total. The molecule has 0 unspecified atom stereocenters. The summed E-state index contributed by atoms with van der Waals surface area (Å²) in [6, 6.07) is 20.4. The molecule has 0 aliphatic rings. The molecule has 0 saturated heterocycles. The summed E-state index contributed by atoms with van der Waals surface area (Å²) in [4.78, 5) is 0. The minimum atomic E-state index is -0.113. The van der Waals surface area contributed by atoms with Crippen LogP contribution in [-0.2, 0) is 5.11 Å². The highest BCUT2D eigenvalue weighted by Crippen LogP contribution is 2.36. The molecule has 1 radical (unpaired) electrons. The normalized spacial score (nSPS) is 11.2. The predicted octanol–water partition coefficient (Wildman–Crippen LogP) is 5.40. The maximum Gasteiger partial charge on any atom is 0.206 e. The van der Waals surface area contributed by atoms with E-state index in [1.54, 1.807) is 6.07 Å². The van der Waals surface area contributed by atoms with Crippen LogP contribution in [0.1, 0.15) is 0 Å². The van der Waals surface area contributed by atoms with E-state index >= 15 is 0 Å². The number of nitrogens with zero attached hydrogens (tertiary/aromatic N) is 2. The maximum atomic E-state index is 11.9. The quantitative estimate of drug-likeness (QED) is 0.544. The van der Waals surface area contributed by atoms with Crippen LogP contribution in [0.4, 0.5) is 11.4 Å². The van der Waals surface area contributed by atoms with Gasteiger partial charge < -0.3 is 0 Å². The van der Waals surface area contributed by atoms with E-state index in [1.807, 2.05) is 54.6 Å². The molecule has 0 spiro atoms. The SMILES string of the molecule is [O]c1ccc2ccccc2c1N=Nc1ccccc1. The minimum absolute atomic E-state index is 0.113. The highest BCUT2D eigenvalue weighted by molar-refractivity contribution is 5.95. The first-order valence-corrected chi connectivity index (χ1v) is 6.00. The van der Waals surface area contributed by atoms with Crippen LogP contribution in [0.25, 0.3) is 10.8 Å². The highest BCUT2D eigenvalue weighted by Gasteiger charge is 2.07. The van der Waals surface area contributed by atoms with Crippen LogP contribution < -0.4 is 0 Å². The van der Waals surface area contributed by atoms with E-state index < -0.39 is 0 Å². The van der Waals surface area contributed by atoms with E-state index in [0.717, 1.165) is 16.5 Å². The van der Waals surface area contributed by atoms with E-state index in [1.165, 1.54) is 6.07 Å². The first-order chi connectivity index (χ1) is 9.34. The van der Waals surface area contributed by atoms with Crippen molar-refractivity contribution in [1.82, 2.24) is 0 Å². The zero-order valence-corrected chi connectivity index (χ0v) is 10.2. The molecule has 91 valence electrons. The largest absolute Gasteiger partial charge is 0.287 e. The molecule has 3 rings (SSSR count). The van der Waals surface area contributed by atoms with E-state index in [0.29, 0.717) is 5.69 Å². The Kier molecular flexibility index (Phi) is 2.94. The third-order valence-electron chi connectivity index (χ3n) is 2.89.